The fourth-order valence-electron chi connectivity index (χ4n) is 2.97. The highest BCUT2D eigenvalue weighted by atomic mass is 16.5. The molecule has 0 aliphatic carbocycles. The zero-order valence-electron chi connectivity index (χ0n) is 16.8. The highest BCUT2D eigenvalue weighted by Gasteiger charge is 2.14. The second-order valence-corrected chi connectivity index (χ2v) is 6.91. The van der Waals surface area contributed by atoms with Crippen molar-refractivity contribution in [2.75, 3.05) is 11.9 Å². The van der Waals surface area contributed by atoms with Crippen molar-refractivity contribution in [1.82, 2.24) is 19.9 Å². The Hall–Kier alpha value is -3.87. The van der Waals surface area contributed by atoms with Gasteiger partial charge in [-0.25, -0.2) is 9.97 Å². The zero-order chi connectivity index (χ0) is 20.9. The summed E-state index contributed by atoms with van der Waals surface area (Å²) in [6, 6.07) is 18.1. The Morgan fingerprint density at radius 1 is 1.00 bits per heavy atom. The molecule has 4 rings (SSSR count). The Labute approximate surface area is 174 Å². The van der Waals surface area contributed by atoms with Gasteiger partial charge in [-0.2, -0.15) is 9.97 Å². The first-order chi connectivity index (χ1) is 14.6. The summed E-state index contributed by atoms with van der Waals surface area (Å²) in [6.07, 6.45) is 2.37. The summed E-state index contributed by atoms with van der Waals surface area (Å²) in [4.78, 5) is 29.2. The van der Waals surface area contributed by atoms with Crippen molar-refractivity contribution in [2.45, 2.75) is 20.3 Å². The Kier molecular flexibility index (Phi) is 5.61. The Balaban J connectivity index is 1.68. The second kappa shape index (κ2) is 8.65. The van der Waals surface area contributed by atoms with Crippen LogP contribution in [0.25, 0.3) is 22.4 Å². The average Bonchev–Trinajstić information content (AvgIpc) is 2.74. The van der Waals surface area contributed by atoms with Crippen molar-refractivity contribution >= 4 is 23.0 Å². The first-order valence-electron chi connectivity index (χ1n) is 9.64. The summed E-state index contributed by atoms with van der Waals surface area (Å²) in [6.45, 7) is 3.84. The third kappa shape index (κ3) is 4.57. The number of fused-ring (bicyclic) bond motifs is 1. The van der Waals surface area contributed by atoms with Crippen molar-refractivity contribution in [3.63, 3.8) is 0 Å². The van der Waals surface area contributed by atoms with E-state index in [1.165, 1.54) is 12.5 Å². The van der Waals surface area contributed by atoms with Gasteiger partial charge in [-0.05, 0) is 12.5 Å². The van der Waals surface area contributed by atoms with Crippen LogP contribution in [-0.4, -0.2) is 32.4 Å². The minimum Gasteiger partial charge on any atom is -0.476 e. The standard InChI is InChI=1S/C23H21N5O2/c1-15-8-10-18(11-9-15)19-14-24-21-20(26-19)22(28-23(27-21)25-16(2)29)30-13-12-17-6-4-3-5-7-17/h3-11,14H,12-13H2,1-2H3,(H,24,25,27,28,29). The predicted molar refractivity (Wildman–Crippen MR) is 115 cm³/mol. The predicted octanol–water partition coefficient (Wildman–Crippen LogP) is 3.98. The highest BCUT2D eigenvalue weighted by Crippen LogP contribution is 2.25. The van der Waals surface area contributed by atoms with E-state index in [1.54, 1.807) is 6.20 Å². The molecule has 0 radical (unpaired) electrons. The highest BCUT2D eigenvalue weighted by molar-refractivity contribution is 5.88. The van der Waals surface area contributed by atoms with E-state index in [-0.39, 0.29) is 11.9 Å². The number of nitrogens with one attached hydrogen (secondary N) is 1. The molecule has 30 heavy (non-hydrogen) atoms. The minimum atomic E-state index is -0.270. The maximum Gasteiger partial charge on any atom is 0.247 e. The molecule has 0 aliphatic heterocycles. The lowest BCUT2D eigenvalue weighted by Crippen LogP contribution is -2.12. The summed E-state index contributed by atoms with van der Waals surface area (Å²) < 4.78 is 5.95. The maximum atomic E-state index is 11.5. The average molecular weight is 399 g/mol. The van der Waals surface area contributed by atoms with Gasteiger partial charge in [-0.15, -0.1) is 0 Å². The number of nitrogens with zero attached hydrogens (tertiary/aromatic N) is 4. The van der Waals surface area contributed by atoms with Crippen LogP contribution in [0.1, 0.15) is 18.1 Å². The zero-order valence-corrected chi connectivity index (χ0v) is 16.8. The number of amides is 1. The van der Waals surface area contributed by atoms with Gasteiger partial charge in [0.1, 0.15) is 0 Å². The van der Waals surface area contributed by atoms with Gasteiger partial charge < -0.3 is 4.74 Å². The van der Waals surface area contributed by atoms with Gasteiger partial charge in [-0.3, -0.25) is 10.1 Å². The molecule has 0 aliphatic rings. The molecule has 0 spiro atoms. The quantitative estimate of drug-likeness (QED) is 0.528. The molecule has 2 heterocycles. The second-order valence-electron chi connectivity index (χ2n) is 6.91. The van der Waals surface area contributed by atoms with Crippen LogP contribution in [0.3, 0.4) is 0 Å². The Morgan fingerprint density at radius 2 is 1.77 bits per heavy atom. The van der Waals surface area contributed by atoms with Crippen LogP contribution in [0.4, 0.5) is 5.95 Å². The molecule has 2 aromatic carbocycles. The molecule has 0 unspecified atom stereocenters. The molecule has 1 N–H and O–H groups in total. The molecule has 0 saturated heterocycles. The number of carbonyl (C=O) groups excluding carboxylic acids is 1. The van der Waals surface area contributed by atoms with Crippen LogP contribution < -0.4 is 10.1 Å². The Bertz CT molecular complexity index is 1180. The van der Waals surface area contributed by atoms with Crippen LogP contribution >= 0.6 is 0 Å². The smallest absolute Gasteiger partial charge is 0.247 e. The summed E-state index contributed by atoms with van der Waals surface area (Å²) in [7, 11) is 0. The summed E-state index contributed by atoms with van der Waals surface area (Å²) in [5, 5.41) is 2.59. The molecule has 1 amide bonds. The van der Waals surface area contributed by atoms with E-state index in [1.807, 2.05) is 61.5 Å². The third-order valence-electron chi connectivity index (χ3n) is 4.48. The molecule has 0 fully saturated rings. The van der Waals surface area contributed by atoms with Crippen LogP contribution in [0, 0.1) is 6.92 Å². The number of anilines is 1. The van der Waals surface area contributed by atoms with Crippen molar-refractivity contribution in [3.8, 4) is 17.1 Å². The van der Waals surface area contributed by atoms with Crippen molar-refractivity contribution in [2.24, 2.45) is 0 Å². The monoisotopic (exact) mass is 399 g/mol. The van der Waals surface area contributed by atoms with Crippen molar-refractivity contribution in [1.29, 1.82) is 0 Å². The molecule has 7 nitrogen and oxygen atoms in total. The van der Waals surface area contributed by atoms with Crippen molar-refractivity contribution in [3.05, 3.63) is 71.9 Å². The van der Waals surface area contributed by atoms with E-state index in [9.17, 15) is 4.79 Å². The molecule has 0 bridgehead atoms. The maximum absolute atomic E-state index is 11.5. The number of hydrogen-bond acceptors (Lipinski definition) is 6. The van der Waals surface area contributed by atoms with E-state index < -0.39 is 0 Å². The molecular formula is C23H21N5O2. The molecule has 150 valence electrons. The summed E-state index contributed by atoms with van der Waals surface area (Å²) in [5.74, 6) is 0.164. The lowest BCUT2D eigenvalue weighted by molar-refractivity contribution is -0.114. The van der Waals surface area contributed by atoms with Gasteiger partial charge in [-0.1, -0.05) is 60.2 Å². The van der Waals surface area contributed by atoms with Gasteiger partial charge in [0.25, 0.3) is 0 Å². The van der Waals surface area contributed by atoms with Crippen LogP contribution in [0.5, 0.6) is 5.88 Å². The lowest BCUT2D eigenvalue weighted by Gasteiger charge is -2.10. The summed E-state index contributed by atoms with van der Waals surface area (Å²) in [5.41, 5.74) is 4.78. The normalized spacial score (nSPS) is 10.7. The van der Waals surface area contributed by atoms with E-state index in [0.717, 1.165) is 11.1 Å². The van der Waals surface area contributed by atoms with E-state index in [0.29, 0.717) is 35.8 Å². The minimum absolute atomic E-state index is 0.141. The number of hydrogen-bond donors (Lipinski definition) is 1. The fraction of sp³-hybridized carbons (Fsp3) is 0.174. The number of ether oxygens (including phenoxy) is 1. The summed E-state index contributed by atoms with van der Waals surface area (Å²) >= 11 is 0. The van der Waals surface area contributed by atoms with E-state index in [4.69, 9.17) is 9.72 Å². The molecule has 4 aromatic rings. The number of aromatic nitrogens is 4. The van der Waals surface area contributed by atoms with Gasteiger partial charge >= 0.3 is 0 Å². The number of aryl methyl sites for hydroxylation is 1. The SMILES string of the molecule is CC(=O)Nc1nc(OCCc2ccccc2)c2nc(-c3ccc(C)cc3)cnc2n1. The van der Waals surface area contributed by atoms with Crippen molar-refractivity contribution < 1.29 is 9.53 Å². The molecule has 0 atom stereocenters. The van der Waals surface area contributed by atoms with Crippen LogP contribution in [0.2, 0.25) is 0 Å². The van der Waals surface area contributed by atoms with Crippen LogP contribution in [-0.2, 0) is 11.2 Å². The number of benzene rings is 2. The first-order valence-corrected chi connectivity index (χ1v) is 9.64. The Morgan fingerprint density at radius 3 is 2.50 bits per heavy atom. The largest absolute Gasteiger partial charge is 0.476 e. The molecule has 2 aromatic heterocycles. The molecule has 7 heteroatoms. The molecular weight excluding hydrogens is 378 g/mol. The number of rotatable bonds is 6. The first kappa shape index (κ1) is 19.4. The third-order valence-corrected chi connectivity index (χ3v) is 4.48. The van der Waals surface area contributed by atoms with Gasteiger partial charge in [0, 0.05) is 18.9 Å². The van der Waals surface area contributed by atoms with E-state index >= 15 is 0 Å². The van der Waals surface area contributed by atoms with Crippen LogP contribution in [0.15, 0.2) is 60.8 Å². The van der Waals surface area contributed by atoms with Gasteiger partial charge in [0.05, 0.1) is 18.5 Å². The van der Waals surface area contributed by atoms with Gasteiger partial charge in [0.2, 0.25) is 17.7 Å². The van der Waals surface area contributed by atoms with Gasteiger partial charge in [0.15, 0.2) is 11.2 Å². The molecule has 0 saturated carbocycles. The topological polar surface area (TPSA) is 89.9 Å². The van der Waals surface area contributed by atoms with E-state index in [2.05, 4.69) is 20.3 Å². The fourth-order valence-corrected chi connectivity index (χ4v) is 2.97. The number of carbonyl (C=O) groups is 1. The lowest BCUT2D eigenvalue weighted by atomic mass is 10.1.